The molecule has 1 heterocycles. The van der Waals surface area contributed by atoms with Crippen molar-refractivity contribution in [1.29, 1.82) is 0 Å². The van der Waals surface area contributed by atoms with Crippen LogP contribution in [0.5, 0.6) is 0 Å². The van der Waals surface area contributed by atoms with Gasteiger partial charge in [-0.2, -0.15) is 0 Å². The van der Waals surface area contributed by atoms with Crippen LogP contribution in [0.3, 0.4) is 0 Å². The average Bonchev–Trinajstić information content (AvgIpc) is 2.65. The Morgan fingerprint density at radius 1 is 1.33 bits per heavy atom. The molecule has 1 aromatic carbocycles. The molecule has 0 fully saturated rings. The number of imide groups is 1. The van der Waals surface area contributed by atoms with Gasteiger partial charge in [0.15, 0.2) is 0 Å². The Morgan fingerprint density at radius 3 is 2.61 bits per heavy atom. The SMILES string of the molecule is C=CC(=O)N1C(=C)C(c2ccccc2F)=CC1=O. The lowest BCUT2D eigenvalue weighted by molar-refractivity contribution is -0.135. The molecule has 0 aromatic heterocycles. The summed E-state index contributed by atoms with van der Waals surface area (Å²) in [5, 5.41) is 0. The van der Waals surface area contributed by atoms with E-state index in [-0.39, 0.29) is 11.3 Å². The first-order valence-electron chi connectivity index (χ1n) is 5.22. The van der Waals surface area contributed by atoms with Crippen LogP contribution in [0.4, 0.5) is 4.39 Å². The third kappa shape index (κ3) is 1.78. The number of benzene rings is 1. The Labute approximate surface area is 104 Å². The lowest BCUT2D eigenvalue weighted by Gasteiger charge is -2.15. The number of carbonyl (C=O) groups is 2. The Kier molecular flexibility index (Phi) is 2.93. The molecule has 0 radical (unpaired) electrons. The van der Waals surface area contributed by atoms with Gasteiger partial charge in [0.1, 0.15) is 5.82 Å². The fourth-order valence-electron chi connectivity index (χ4n) is 1.77. The van der Waals surface area contributed by atoms with Gasteiger partial charge in [0.2, 0.25) is 0 Å². The minimum atomic E-state index is -0.576. The smallest absolute Gasteiger partial charge is 0.258 e. The van der Waals surface area contributed by atoms with Crippen molar-refractivity contribution >= 4 is 17.4 Å². The van der Waals surface area contributed by atoms with Gasteiger partial charge in [0.25, 0.3) is 11.8 Å². The van der Waals surface area contributed by atoms with E-state index >= 15 is 0 Å². The summed E-state index contributed by atoms with van der Waals surface area (Å²) in [5.74, 6) is -1.58. The summed E-state index contributed by atoms with van der Waals surface area (Å²) < 4.78 is 13.6. The molecule has 18 heavy (non-hydrogen) atoms. The van der Waals surface area contributed by atoms with Crippen molar-refractivity contribution in [2.75, 3.05) is 0 Å². The predicted molar refractivity (Wildman–Crippen MR) is 65.6 cm³/mol. The van der Waals surface area contributed by atoms with Gasteiger partial charge in [0.05, 0.1) is 5.70 Å². The van der Waals surface area contributed by atoms with Crippen LogP contribution in [0.1, 0.15) is 5.56 Å². The molecule has 0 N–H and O–H groups in total. The van der Waals surface area contributed by atoms with Crippen LogP contribution in [0.15, 0.2) is 55.3 Å². The maximum Gasteiger partial charge on any atom is 0.258 e. The van der Waals surface area contributed by atoms with E-state index in [1.165, 1.54) is 18.2 Å². The van der Waals surface area contributed by atoms with E-state index < -0.39 is 17.6 Å². The van der Waals surface area contributed by atoms with E-state index in [9.17, 15) is 14.0 Å². The highest BCUT2D eigenvalue weighted by molar-refractivity contribution is 6.16. The number of allylic oxidation sites excluding steroid dienone is 1. The van der Waals surface area contributed by atoms with Gasteiger partial charge in [-0.25, -0.2) is 9.29 Å². The molecule has 0 unspecified atom stereocenters. The Balaban J connectivity index is 2.45. The quantitative estimate of drug-likeness (QED) is 0.747. The highest BCUT2D eigenvalue weighted by atomic mass is 19.1. The van der Waals surface area contributed by atoms with E-state index in [0.29, 0.717) is 5.57 Å². The van der Waals surface area contributed by atoms with E-state index in [4.69, 9.17) is 0 Å². The van der Waals surface area contributed by atoms with Crippen LogP contribution >= 0.6 is 0 Å². The zero-order valence-corrected chi connectivity index (χ0v) is 9.52. The largest absolute Gasteiger partial charge is 0.269 e. The number of amides is 2. The first-order chi connectivity index (χ1) is 8.56. The van der Waals surface area contributed by atoms with E-state index in [1.54, 1.807) is 12.1 Å². The molecular formula is C14H10FNO2. The Hall–Kier alpha value is -2.49. The molecule has 0 aliphatic carbocycles. The van der Waals surface area contributed by atoms with Crippen molar-refractivity contribution in [1.82, 2.24) is 4.90 Å². The van der Waals surface area contributed by atoms with Gasteiger partial charge in [-0.3, -0.25) is 9.59 Å². The van der Waals surface area contributed by atoms with Gasteiger partial charge in [-0.05, 0) is 12.1 Å². The van der Waals surface area contributed by atoms with Gasteiger partial charge < -0.3 is 0 Å². The lowest BCUT2D eigenvalue weighted by atomic mass is 10.0. The fourth-order valence-corrected chi connectivity index (χ4v) is 1.77. The third-order valence-electron chi connectivity index (χ3n) is 2.63. The van der Waals surface area contributed by atoms with Gasteiger partial charge in [0, 0.05) is 17.2 Å². The number of halogens is 1. The molecule has 4 heteroatoms. The number of hydrogen-bond acceptors (Lipinski definition) is 2. The monoisotopic (exact) mass is 243 g/mol. The summed E-state index contributed by atoms with van der Waals surface area (Å²) >= 11 is 0. The zero-order valence-electron chi connectivity index (χ0n) is 9.52. The molecule has 0 bridgehead atoms. The number of rotatable bonds is 2. The second kappa shape index (κ2) is 4.41. The normalized spacial score (nSPS) is 14.7. The fraction of sp³-hybridized carbons (Fsp3) is 0. The lowest BCUT2D eigenvalue weighted by Crippen LogP contribution is -2.29. The second-order valence-electron chi connectivity index (χ2n) is 3.70. The summed E-state index contributed by atoms with van der Waals surface area (Å²) in [6.45, 7) is 6.96. The van der Waals surface area contributed by atoms with Crippen molar-refractivity contribution in [2.24, 2.45) is 0 Å². The first kappa shape index (κ1) is 12.0. The van der Waals surface area contributed by atoms with Gasteiger partial charge in [-0.15, -0.1) is 0 Å². The van der Waals surface area contributed by atoms with Crippen LogP contribution in [0, 0.1) is 5.82 Å². The predicted octanol–water partition coefficient (Wildman–Crippen LogP) is 2.28. The molecular weight excluding hydrogens is 233 g/mol. The Morgan fingerprint density at radius 2 is 2.00 bits per heavy atom. The highest BCUT2D eigenvalue weighted by Crippen LogP contribution is 2.32. The molecule has 1 aliphatic heterocycles. The van der Waals surface area contributed by atoms with Gasteiger partial charge in [-0.1, -0.05) is 31.4 Å². The number of hydrogen-bond donors (Lipinski definition) is 0. The minimum Gasteiger partial charge on any atom is -0.269 e. The molecule has 0 spiro atoms. The van der Waals surface area contributed by atoms with E-state index in [2.05, 4.69) is 13.2 Å². The van der Waals surface area contributed by atoms with E-state index in [0.717, 1.165) is 11.0 Å². The van der Waals surface area contributed by atoms with Crippen molar-refractivity contribution in [3.63, 3.8) is 0 Å². The van der Waals surface area contributed by atoms with Crippen LogP contribution in [-0.4, -0.2) is 16.7 Å². The maximum atomic E-state index is 13.6. The maximum absolute atomic E-state index is 13.6. The highest BCUT2D eigenvalue weighted by Gasteiger charge is 2.31. The first-order valence-corrected chi connectivity index (χ1v) is 5.22. The summed E-state index contributed by atoms with van der Waals surface area (Å²) in [6.07, 6.45) is 2.21. The summed E-state index contributed by atoms with van der Waals surface area (Å²) in [5.41, 5.74) is 0.721. The zero-order chi connectivity index (χ0) is 13.3. The molecule has 3 nitrogen and oxygen atoms in total. The molecule has 0 saturated heterocycles. The van der Waals surface area contributed by atoms with Crippen molar-refractivity contribution in [2.45, 2.75) is 0 Å². The molecule has 2 rings (SSSR count). The number of carbonyl (C=O) groups excluding carboxylic acids is 2. The molecule has 0 saturated carbocycles. The molecule has 2 amide bonds. The van der Waals surface area contributed by atoms with Crippen LogP contribution in [-0.2, 0) is 9.59 Å². The van der Waals surface area contributed by atoms with Crippen molar-refractivity contribution < 1.29 is 14.0 Å². The summed E-state index contributed by atoms with van der Waals surface area (Å²) in [6, 6.07) is 6.01. The van der Waals surface area contributed by atoms with Crippen LogP contribution in [0.25, 0.3) is 5.57 Å². The molecule has 1 aliphatic rings. The standard InChI is InChI=1S/C14H10FNO2/c1-3-13(17)16-9(2)11(8-14(16)18)10-6-4-5-7-12(10)15/h3-8H,1-2H2. The molecule has 1 aromatic rings. The Bertz CT molecular complexity index is 602. The number of nitrogens with zero attached hydrogens (tertiary/aromatic N) is 1. The average molecular weight is 243 g/mol. The summed E-state index contributed by atoms with van der Waals surface area (Å²) in [7, 11) is 0. The van der Waals surface area contributed by atoms with E-state index in [1.807, 2.05) is 0 Å². The van der Waals surface area contributed by atoms with Crippen molar-refractivity contribution in [3.05, 3.63) is 66.7 Å². The molecule has 90 valence electrons. The third-order valence-corrected chi connectivity index (χ3v) is 2.63. The summed E-state index contributed by atoms with van der Waals surface area (Å²) in [4.78, 5) is 24.0. The molecule has 0 atom stereocenters. The van der Waals surface area contributed by atoms with Crippen LogP contribution < -0.4 is 0 Å². The minimum absolute atomic E-state index is 0.162. The van der Waals surface area contributed by atoms with Crippen molar-refractivity contribution in [3.8, 4) is 0 Å². The second-order valence-corrected chi connectivity index (χ2v) is 3.70. The van der Waals surface area contributed by atoms with Gasteiger partial charge >= 0.3 is 0 Å². The van der Waals surface area contributed by atoms with Crippen LogP contribution in [0.2, 0.25) is 0 Å². The topological polar surface area (TPSA) is 37.4 Å².